The highest BCUT2D eigenvalue weighted by Crippen LogP contribution is 2.30. The van der Waals surface area contributed by atoms with Crippen molar-refractivity contribution in [2.45, 2.75) is 56.9 Å². The van der Waals surface area contributed by atoms with Gasteiger partial charge >= 0.3 is 5.97 Å². The molecule has 0 saturated heterocycles. The molecule has 3 rings (SSSR count). The average molecular weight is 287 g/mol. The van der Waals surface area contributed by atoms with Crippen LogP contribution in [0.1, 0.15) is 60.0 Å². The second-order valence-electron chi connectivity index (χ2n) is 6.24. The molecule has 2 aliphatic rings. The summed E-state index contributed by atoms with van der Waals surface area (Å²) in [5, 5.41) is 12.2. The fourth-order valence-electron chi connectivity index (χ4n) is 3.54. The zero-order chi connectivity index (χ0) is 14.9. The number of nitrogens with one attached hydrogen (secondary N) is 1. The molecule has 0 aromatic heterocycles. The SMILES string of the molecule is O=C(NC1(C(=O)O)CCCC1)c1ccc2c(c1)CCCC2. The topological polar surface area (TPSA) is 66.4 Å². The van der Waals surface area contributed by atoms with Gasteiger partial charge in [0.25, 0.3) is 5.91 Å². The molecule has 4 heteroatoms. The summed E-state index contributed by atoms with van der Waals surface area (Å²) in [6, 6.07) is 5.78. The molecule has 0 radical (unpaired) electrons. The third-order valence-electron chi connectivity index (χ3n) is 4.83. The van der Waals surface area contributed by atoms with E-state index in [-0.39, 0.29) is 5.91 Å². The predicted molar refractivity (Wildman–Crippen MR) is 79.4 cm³/mol. The lowest BCUT2D eigenvalue weighted by Gasteiger charge is -2.25. The monoisotopic (exact) mass is 287 g/mol. The highest BCUT2D eigenvalue weighted by molar-refractivity contribution is 5.98. The van der Waals surface area contributed by atoms with Crippen molar-refractivity contribution in [3.8, 4) is 0 Å². The summed E-state index contributed by atoms with van der Waals surface area (Å²) in [5.74, 6) is -1.17. The Bertz CT molecular complexity index is 573. The minimum atomic E-state index is -1.06. The van der Waals surface area contributed by atoms with E-state index in [9.17, 15) is 14.7 Å². The fraction of sp³-hybridized carbons (Fsp3) is 0.529. The van der Waals surface area contributed by atoms with Crippen LogP contribution in [0.25, 0.3) is 0 Å². The molecule has 1 fully saturated rings. The van der Waals surface area contributed by atoms with E-state index in [0.29, 0.717) is 18.4 Å². The number of rotatable bonds is 3. The Balaban J connectivity index is 1.80. The molecule has 1 saturated carbocycles. The van der Waals surface area contributed by atoms with E-state index in [4.69, 9.17) is 0 Å². The van der Waals surface area contributed by atoms with Crippen molar-refractivity contribution in [1.82, 2.24) is 5.32 Å². The number of aryl methyl sites for hydroxylation is 2. The number of carboxylic acids is 1. The van der Waals surface area contributed by atoms with Crippen molar-refractivity contribution in [3.63, 3.8) is 0 Å². The average Bonchev–Trinajstić information content (AvgIpc) is 2.96. The first-order valence-electron chi connectivity index (χ1n) is 7.78. The maximum Gasteiger partial charge on any atom is 0.329 e. The second-order valence-corrected chi connectivity index (χ2v) is 6.24. The van der Waals surface area contributed by atoms with E-state index in [1.165, 1.54) is 17.5 Å². The zero-order valence-electron chi connectivity index (χ0n) is 12.2. The molecule has 4 nitrogen and oxygen atoms in total. The van der Waals surface area contributed by atoms with E-state index in [1.54, 1.807) is 0 Å². The molecular formula is C17H21NO3. The molecule has 0 atom stereocenters. The maximum absolute atomic E-state index is 12.4. The van der Waals surface area contributed by atoms with Crippen LogP contribution in [0.5, 0.6) is 0 Å². The molecular weight excluding hydrogens is 266 g/mol. The number of aliphatic carboxylic acids is 1. The Morgan fingerprint density at radius 3 is 2.33 bits per heavy atom. The number of carbonyl (C=O) groups excluding carboxylic acids is 1. The van der Waals surface area contributed by atoms with Crippen LogP contribution >= 0.6 is 0 Å². The molecule has 21 heavy (non-hydrogen) atoms. The number of hydrogen-bond acceptors (Lipinski definition) is 2. The van der Waals surface area contributed by atoms with Gasteiger partial charge in [-0.1, -0.05) is 18.9 Å². The van der Waals surface area contributed by atoms with Crippen LogP contribution in [0.15, 0.2) is 18.2 Å². The van der Waals surface area contributed by atoms with Gasteiger partial charge in [0.1, 0.15) is 5.54 Å². The Morgan fingerprint density at radius 2 is 1.67 bits per heavy atom. The van der Waals surface area contributed by atoms with E-state index < -0.39 is 11.5 Å². The summed E-state index contributed by atoms with van der Waals surface area (Å²) in [4.78, 5) is 23.9. The number of amides is 1. The normalized spacial score (nSPS) is 19.8. The quantitative estimate of drug-likeness (QED) is 0.898. The molecule has 0 aliphatic heterocycles. The number of carboxylic acid groups (broad SMARTS) is 1. The van der Waals surface area contributed by atoms with Crippen LogP contribution in [-0.4, -0.2) is 22.5 Å². The van der Waals surface area contributed by atoms with E-state index >= 15 is 0 Å². The van der Waals surface area contributed by atoms with Crippen LogP contribution in [-0.2, 0) is 17.6 Å². The summed E-state index contributed by atoms with van der Waals surface area (Å²) in [5.41, 5.74) is 2.09. The van der Waals surface area contributed by atoms with Crippen molar-refractivity contribution < 1.29 is 14.7 Å². The summed E-state index contributed by atoms with van der Waals surface area (Å²) in [7, 11) is 0. The fourth-order valence-corrected chi connectivity index (χ4v) is 3.54. The van der Waals surface area contributed by atoms with Gasteiger partial charge in [-0.15, -0.1) is 0 Å². The summed E-state index contributed by atoms with van der Waals surface area (Å²) >= 11 is 0. The smallest absolute Gasteiger partial charge is 0.329 e. The first kappa shape index (κ1) is 14.1. The van der Waals surface area contributed by atoms with Crippen molar-refractivity contribution in [3.05, 3.63) is 34.9 Å². The Morgan fingerprint density at radius 1 is 1.00 bits per heavy atom. The van der Waals surface area contributed by atoms with Gasteiger partial charge in [0.05, 0.1) is 0 Å². The molecule has 0 heterocycles. The van der Waals surface area contributed by atoms with Crippen molar-refractivity contribution in [2.24, 2.45) is 0 Å². The number of fused-ring (bicyclic) bond motifs is 1. The van der Waals surface area contributed by atoms with Gasteiger partial charge in [-0.3, -0.25) is 4.79 Å². The zero-order valence-corrected chi connectivity index (χ0v) is 12.2. The lowest BCUT2D eigenvalue weighted by Crippen LogP contribution is -2.52. The van der Waals surface area contributed by atoms with Gasteiger partial charge < -0.3 is 10.4 Å². The van der Waals surface area contributed by atoms with Gasteiger partial charge in [-0.2, -0.15) is 0 Å². The third kappa shape index (κ3) is 2.67. The maximum atomic E-state index is 12.4. The largest absolute Gasteiger partial charge is 0.480 e. The molecule has 0 bridgehead atoms. The third-order valence-corrected chi connectivity index (χ3v) is 4.83. The van der Waals surface area contributed by atoms with E-state index in [2.05, 4.69) is 5.32 Å². The highest BCUT2D eigenvalue weighted by Gasteiger charge is 2.42. The Hall–Kier alpha value is -1.84. The van der Waals surface area contributed by atoms with Crippen LogP contribution in [0, 0.1) is 0 Å². The van der Waals surface area contributed by atoms with E-state index in [1.807, 2.05) is 18.2 Å². The minimum Gasteiger partial charge on any atom is -0.480 e. The first-order valence-corrected chi connectivity index (χ1v) is 7.78. The van der Waals surface area contributed by atoms with E-state index in [0.717, 1.165) is 32.1 Å². The summed E-state index contributed by atoms with van der Waals surface area (Å²) in [6.07, 6.45) is 7.24. The van der Waals surface area contributed by atoms with Gasteiger partial charge in [0, 0.05) is 5.56 Å². The molecule has 1 aromatic carbocycles. The lowest BCUT2D eigenvalue weighted by atomic mass is 9.90. The molecule has 1 aromatic rings. The van der Waals surface area contributed by atoms with Gasteiger partial charge in [-0.05, 0) is 61.8 Å². The summed E-state index contributed by atoms with van der Waals surface area (Å²) in [6.45, 7) is 0. The molecule has 2 aliphatic carbocycles. The molecule has 112 valence electrons. The van der Waals surface area contributed by atoms with Crippen LogP contribution in [0.3, 0.4) is 0 Å². The lowest BCUT2D eigenvalue weighted by molar-refractivity contribution is -0.144. The summed E-state index contributed by atoms with van der Waals surface area (Å²) < 4.78 is 0. The molecule has 1 amide bonds. The Labute approximate surface area is 124 Å². The minimum absolute atomic E-state index is 0.257. The molecule has 2 N–H and O–H groups in total. The highest BCUT2D eigenvalue weighted by atomic mass is 16.4. The second kappa shape index (κ2) is 5.51. The number of benzene rings is 1. The van der Waals surface area contributed by atoms with Crippen LogP contribution in [0.4, 0.5) is 0 Å². The van der Waals surface area contributed by atoms with Crippen molar-refractivity contribution in [2.75, 3.05) is 0 Å². The first-order chi connectivity index (χ1) is 10.1. The van der Waals surface area contributed by atoms with Crippen LogP contribution in [0.2, 0.25) is 0 Å². The van der Waals surface area contributed by atoms with Crippen LogP contribution < -0.4 is 5.32 Å². The standard InChI is InChI=1S/C17H21NO3/c19-15(18-17(16(20)21)9-3-4-10-17)14-8-7-12-5-1-2-6-13(12)11-14/h7-8,11H,1-6,9-10H2,(H,18,19)(H,20,21). The van der Waals surface area contributed by atoms with Gasteiger partial charge in [0.15, 0.2) is 0 Å². The van der Waals surface area contributed by atoms with Crippen molar-refractivity contribution in [1.29, 1.82) is 0 Å². The predicted octanol–water partition coefficient (Wildman–Crippen LogP) is 2.69. The van der Waals surface area contributed by atoms with Gasteiger partial charge in [0.2, 0.25) is 0 Å². The van der Waals surface area contributed by atoms with Gasteiger partial charge in [-0.25, -0.2) is 4.79 Å². The number of hydrogen-bond donors (Lipinski definition) is 2. The molecule has 0 unspecified atom stereocenters. The number of carbonyl (C=O) groups is 2. The Kier molecular flexibility index (Phi) is 3.70. The van der Waals surface area contributed by atoms with Crippen molar-refractivity contribution >= 4 is 11.9 Å². The molecule has 0 spiro atoms.